The Morgan fingerprint density at radius 3 is 2.62 bits per heavy atom. The van der Waals surface area contributed by atoms with Crippen molar-refractivity contribution < 1.29 is 9.21 Å². The number of aromatic nitrogens is 2. The van der Waals surface area contributed by atoms with Crippen molar-refractivity contribution in [1.82, 2.24) is 9.97 Å². The van der Waals surface area contributed by atoms with E-state index >= 15 is 0 Å². The van der Waals surface area contributed by atoms with Gasteiger partial charge in [0.2, 0.25) is 0 Å². The van der Waals surface area contributed by atoms with Crippen LogP contribution in [0, 0.1) is 13.8 Å². The monoisotopic (exact) mass is 317 g/mol. The zero-order valence-electron chi connectivity index (χ0n) is 13.3. The molecule has 5 heteroatoms. The topological polar surface area (TPSA) is 68.0 Å². The fourth-order valence-electron chi connectivity index (χ4n) is 2.78. The number of anilines is 1. The van der Waals surface area contributed by atoms with Crippen LogP contribution in [0.3, 0.4) is 0 Å². The third-order valence-corrected chi connectivity index (χ3v) is 4.03. The molecule has 0 aliphatic heterocycles. The summed E-state index contributed by atoms with van der Waals surface area (Å²) in [7, 11) is 0. The lowest BCUT2D eigenvalue weighted by Gasteiger charge is -2.04. The molecule has 0 saturated carbocycles. The highest BCUT2D eigenvalue weighted by Gasteiger charge is 2.18. The van der Waals surface area contributed by atoms with Crippen LogP contribution in [0.15, 0.2) is 53.2 Å². The summed E-state index contributed by atoms with van der Waals surface area (Å²) < 4.78 is 5.74. The van der Waals surface area contributed by atoms with Gasteiger partial charge in [-0.05, 0) is 44.2 Å². The molecule has 0 atom stereocenters. The lowest BCUT2D eigenvalue weighted by atomic mass is 10.1. The molecule has 0 fully saturated rings. The molecule has 2 aromatic heterocycles. The number of benzene rings is 2. The van der Waals surface area contributed by atoms with Crippen LogP contribution in [0.25, 0.3) is 22.0 Å². The minimum atomic E-state index is -0.274. The molecule has 0 unspecified atom stereocenters. The van der Waals surface area contributed by atoms with Gasteiger partial charge in [-0.25, -0.2) is 0 Å². The summed E-state index contributed by atoms with van der Waals surface area (Å²) in [6.07, 6.45) is 3.26. The maximum Gasteiger partial charge on any atom is 0.291 e. The SMILES string of the molecule is Cc1ccc2oc(C(=O)Nc3ccc4nccnc4c3)c(C)c2c1. The molecule has 0 bridgehead atoms. The number of nitrogens with one attached hydrogen (secondary N) is 1. The summed E-state index contributed by atoms with van der Waals surface area (Å²) in [4.78, 5) is 21.0. The second kappa shape index (κ2) is 5.45. The summed E-state index contributed by atoms with van der Waals surface area (Å²) in [6.45, 7) is 3.91. The first kappa shape index (κ1) is 14.4. The van der Waals surface area contributed by atoms with Gasteiger partial charge in [0.25, 0.3) is 5.91 Å². The van der Waals surface area contributed by atoms with Gasteiger partial charge in [-0.15, -0.1) is 0 Å². The van der Waals surface area contributed by atoms with E-state index in [0.29, 0.717) is 17.0 Å². The van der Waals surface area contributed by atoms with E-state index in [-0.39, 0.29) is 5.91 Å². The zero-order chi connectivity index (χ0) is 16.7. The molecule has 0 aliphatic carbocycles. The maximum atomic E-state index is 12.6. The normalized spacial score (nSPS) is 11.1. The lowest BCUT2D eigenvalue weighted by molar-refractivity contribution is 0.0998. The number of hydrogen-bond donors (Lipinski definition) is 1. The first-order valence-electron chi connectivity index (χ1n) is 7.64. The Balaban J connectivity index is 1.69. The minimum absolute atomic E-state index is 0.274. The molecule has 4 aromatic rings. The predicted molar refractivity (Wildman–Crippen MR) is 93.2 cm³/mol. The van der Waals surface area contributed by atoms with Crippen LogP contribution >= 0.6 is 0 Å². The molecule has 4 rings (SSSR count). The molecule has 1 N–H and O–H groups in total. The highest BCUT2D eigenvalue weighted by molar-refractivity contribution is 6.07. The van der Waals surface area contributed by atoms with Gasteiger partial charge in [-0.1, -0.05) is 11.6 Å². The summed E-state index contributed by atoms with van der Waals surface area (Å²) >= 11 is 0. The molecule has 118 valence electrons. The van der Waals surface area contributed by atoms with Crippen LogP contribution < -0.4 is 5.32 Å². The van der Waals surface area contributed by atoms with Crippen molar-refractivity contribution in [3.05, 3.63) is 65.7 Å². The number of amides is 1. The fraction of sp³-hybridized carbons (Fsp3) is 0.105. The Morgan fingerprint density at radius 1 is 1.00 bits per heavy atom. The van der Waals surface area contributed by atoms with Gasteiger partial charge in [-0.2, -0.15) is 0 Å². The average molecular weight is 317 g/mol. The Hall–Kier alpha value is -3.21. The van der Waals surface area contributed by atoms with Crippen LogP contribution in [0.1, 0.15) is 21.7 Å². The smallest absolute Gasteiger partial charge is 0.291 e. The van der Waals surface area contributed by atoms with Gasteiger partial charge < -0.3 is 9.73 Å². The molecular weight excluding hydrogens is 302 g/mol. The van der Waals surface area contributed by atoms with E-state index in [9.17, 15) is 4.79 Å². The van der Waals surface area contributed by atoms with Crippen LogP contribution in [-0.2, 0) is 0 Å². The van der Waals surface area contributed by atoms with E-state index in [0.717, 1.165) is 27.5 Å². The van der Waals surface area contributed by atoms with Crippen LogP contribution in [0.5, 0.6) is 0 Å². The molecule has 5 nitrogen and oxygen atoms in total. The molecular formula is C19H15N3O2. The minimum Gasteiger partial charge on any atom is -0.451 e. The van der Waals surface area contributed by atoms with Crippen molar-refractivity contribution in [2.45, 2.75) is 13.8 Å². The Bertz CT molecular complexity index is 1080. The third kappa shape index (κ3) is 2.40. The average Bonchev–Trinajstić information content (AvgIpc) is 2.91. The summed E-state index contributed by atoms with van der Waals surface area (Å²) in [5.74, 6) is 0.0550. The second-order valence-corrected chi connectivity index (χ2v) is 5.77. The number of carbonyl (C=O) groups is 1. The van der Waals surface area contributed by atoms with Crippen molar-refractivity contribution >= 4 is 33.6 Å². The molecule has 2 aromatic carbocycles. The number of carbonyl (C=O) groups excluding carboxylic acids is 1. The van der Waals surface area contributed by atoms with Crippen molar-refractivity contribution in [2.75, 3.05) is 5.32 Å². The molecule has 1 amide bonds. The third-order valence-electron chi connectivity index (χ3n) is 4.03. The van der Waals surface area contributed by atoms with Crippen molar-refractivity contribution in [2.24, 2.45) is 0 Å². The number of furan rings is 1. The summed E-state index contributed by atoms with van der Waals surface area (Å²) in [6, 6.07) is 11.3. The van der Waals surface area contributed by atoms with E-state index in [2.05, 4.69) is 15.3 Å². The van der Waals surface area contributed by atoms with Gasteiger partial charge in [0.05, 0.1) is 11.0 Å². The van der Waals surface area contributed by atoms with Crippen LogP contribution in [-0.4, -0.2) is 15.9 Å². The number of aryl methyl sites for hydroxylation is 2. The number of hydrogen-bond acceptors (Lipinski definition) is 4. The number of rotatable bonds is 2. The predicted octanol–water partition coefficient (Wildman–Crippen LogP) is 4.25. The first-order chi connectivity index (χ1) is 11.6. The number of fused-ring (bicyclic) bond motifs is 2. The highest BCUT2D eigenvalue weighted by atomic mass is 16.3. The summed E-state index contributed by atoms with van der Waals surface area (Å²) in [5.41, 5.74) is 4.85. The van der Waals surface area contributed by atoms with Gasteiger partial charge in [0, 0.05) is 29.0 Å². The van der Waals surface area contributed by atoms with Gasteiger partial charge >= 0.3 is 0 Å². The standard InChI is InChI=1S/C19H15N3O2/c1-11-3-6-17-14(9-11)12(2)18(24-17)19(23)22-13-4-5-15-16(10-13)21-8-7-20-15/h3-10H,1-2H3,(H,22,23). The first-order valence-corrected chi connectivity index (χ1v) is 7.64. The molecule has 0 saturated heterocycles. The fourth-order valence-corrected chi connectivity index (χ4v) is 2.78. The van der Waals surface area contributed by atoms with E-state index < -0.39 is 0 Å². The molecule has 0 radical (unpaired) electrons. The van der Waals surface area contributed by atoms with Crippen molar-refractivity contribution in [3.63, 3.8) is 0 Å². The Morgan fingerprint density at radius 2 is 1.79 bits per heavy atom. The largest absolute Gasteiger partial charge is 0.451 e. The van der Waals surface area contributed by atoms with Gasteiger partial charge in [-0.3, -0.25) is 14.8 Å². The lowest BCUT2D eigenvalue weighted by Crippen LogP contribution is -2.12. The Labute approximate surface area is 138 Å². The van der Waals surface area contributed by atoms with E-state index in [1.54, 1.807) is 24.5 Å². The maximum absolute atomic E-state index is 12.6. The highest BCUT2D eigenvalue weighted by Crippen LogP contribution is 2.27. The quantitative estimate of drug-likeness (QED) is 0.600. The van der Waals surface area contributed by atoms with E-state index in [4.69, 9.17) is 4.42 Å². The molecule has 2 heterocycles. The van der Waals surface area contributed by atoms with Gasteiger partial charge in [0.15, 0.2) is 5.76 Å². The van der Waals surface area contributed by atoms with Gasteiger partial charge in [0.1, 0.15) is 5.58 Å². The second-order valence-electron chi connectivity index (χ2n) is 5.77. The summed E-state index contributed by atoms with van der Waals surface area (Å²) in [5, 5.41) is 3.83. The number of nitrogens with zero attached hydrogens (tertiary/aromatic N) is 2. The molecule has 24 heavy (non-hydrogen) atoms. The Kier molecular flexibility index (Phi) is 3.27. The van der Waals surface area contributed by atoms with Crippen LogP contribution in [0.4, 0.5) is 5.69 Å². The molecule has 0 spiro atoms. The van der Waals surface area contributed by atoms with Crippen molar-refractivity contribution in [3.8, 4) is 0 Å². The van der Waals surface area contributed by atoms with E-state index in [1.807, 2.05) is 38.1 Å². The zero-order valence-corrected chi connectivity index (χ0v) is 13.3. The molecule has 0 aliphatic rings. The van der Waals surface area contributed by atoms with Crippen molar-refractivity contribution in [1.29, 1.82) is 0 Å². The van der Waals surface area contributed by atoms with E-state index in [1.165, 1.54) is 0 Å². The van der Waals surface area contributed by atoms with Crippen LogP contribution in [0.2, 0.25) is 0 Å².